The summed E-state index contributed by atoms with van der Waals surface area (Å²) in [5.74, 6) is 0.744. The van der Waals surface area contributed by atoms with E-state index in [4.69, 9.17) is 10.5 Å². The van der Waals surface area contributed by atoms with Crippen LogP contribution in [-0.2, 0) is 11.8 Å². The van der Waals surface area contributed by atoms with Crippen LogP contribution in [0.2, 0.25) is 0 Å². The molecule has 5 heteroatoms. The molecule has 0 saturated heterocycles. The molecule has 1 heterocycles. The minimum absolute atomic E-state index is 0.275. The van der Waals surface area contributed by atoms with Crippen molar-refractivity contribution in [3.05, 3.63) is 6.20 Å². The van der Waals surface area contributed by atoms with Crippen LogP contribution in [0.1, 0.15) is 19.8 Å². The normalized spacial score (nSPS) is 12.7. The average molecular weight is 212 g/mol. The van der Waals surface area contributed by atoms with Gasteiger partial charge in [-0.1, -0.05) is 13.3 Å². The lowest BCUT2D eigenvalue weighted by molar-refractivity contribution is 0.182. The molecule has 3 N–H and O–H groups in total. The lowest BCUT2D eigenvalue weighted by Crippen LogP contribution is -2.25. The van der Waals surface area contributed by atoms with Crippen molar-refractivity contribution in [1.82, 2.24) is 9.78 Å². The largest absolute Gasteiger partial charge is 0.394 e. The third-order valence-corrected chi connectivity index (χ3v) is 2.20. The first-order valence-electron chi connectivity index (χ1n) is 5.22. The van der Waals surface area contributed by atoms with Crippen molar-refractivity contribution in [2.45, 2.75) is 25.8 Å². The first kappa shape index (κ1) is 11.8. The number of ether oxygens (including phenoxy) is 1. The maximum absolute atomic E-state index is 5.80. The fraction of sp³-hybridized carbons (Fsp3) is 0.700. The van der Waals surface area contributed by atoms with E-state index in [9.17, 15) is 0 Å². The van der Waals surface area contributed by atoms with E-state index in [-0.39, 0.29) is 6.04 Å². The molecular weight excluding hydrogens is 192 g/mol. The van der Waals surface area contributed by atoms with Gasteiger partial charge in [-0.25, -0.2) is 0 Å². The molecule has 1 aromatic heterocycles. The number of aromatic nitrogens is 2. The first-order chi connectivity index (χ1) is 7.17. The summed E-state index contributed by atoms with van der Waals surface area (Å²) in [6, 6.07) is 0.275. The molecule has 1 unspecified atom stereocenters. The molecule has 0 aliphatic carbocycles. The molecule has 5 nitrogen and oxygen atoms in total. The molecule has 1 rings (SSSR count). The molecule has 86 valence electrons. The standard InChI is InChI=1S/C10H20N4O/c1-4-5-8(7-15-3)12-10-9(11)6-14(2)13-10/h6,8H,4-5,7,11H2,1-3H3,(H,12,13). The Morgan fingerprint density at radius 3 is 2.87 bits per heavy atom. The van der Waals surface area contributed by atoms with Crippen molar-refractivity contribution in [3.8, 4) is 0 Å². The highest BCUT2D eigenvalue weighted by molar-refractivity contribution is 5.60. The predicted octanol–water partition coefficient (Wildman–Crippen LogP) is 1.23. The number of hydrogen-bond donors (Lipinski definition) is 2. The highest BCUT2D eigenvalue weighted by Crippen LogP contribution is 2.16. The Morgan fingerprint density at radius 1 is 1.67 bits per heavy atom. The minimum atomic E-state index is 0.275. The van der Waals surface area contributed by atoms with Gasteiger partial charge in [0, 0.05) is 20.4 Å². The summed E-state index contributed by atoms with van der Waals surface area (Å²) in [4.78, 5) is 0. The van der Waals surface area contributed by atoms with E-state index in [2.05, 4.69) is 17.3 Å². The fourth-order valence-corrected chi connectivity index (χ4v) is 1.56. The van der Waals surface area contributed by atoms with Crippen LogP contribution in [-0.4, -0.2) is 29.5 Å². The number of hydrogen-bond acceptors (Lipinski definition) is 4. The van der Waals surface area contributed by atoms with Crippen molar-refractivity contribution >= 4 is 11.5 Å². The summed E-state index contributed by atoms with van der Waals surface area (Å²) in [5, 5.41) is 7.53. The smallest absolute Gasteiger partial charge is 0.171 e. The predicted molar refractivity (Wildman–Crippen MR) is 61.8 cm³/mol. The molecule has 0 spiro atoms. The zero-order valence-electron chi connectivity index (χ0n) is 9.66. The van der Waals surface area contributed by atoms with Crippen molar-refractivity contribution in [2.24, 2.45) is 7.05 Å². The number of nitrogens with two attached hydrogens (primary N) is 1. The van der Waals surface area contributed by atoms with E-state index < -0.39 is 0 Å². The lowest BCUT2D eigenvalue weighted by atomic mass is 10.2. The number of rotatable bonds is 6. The fourth-order valence-electron chi connectivity index (χ4n) is 1.56. The van der Waals surface area contributed by atoms with Crippen molar-refractivity contribution in [3.63, 3.8) is 0 Å². The highest BCUT2D eigenvalue weighted by Gasteiger charge is 2.11. The highest BCUT2D eigenvalue weighted by atomic mass is 16.5. The Balaban J connectivity index is 2.60. The molecule has 0 amide bonds. The summed E-state index contributed by atoms with van der Waals surface area (Å²) < 4.78 is 6.84. The van der Waals surface area contributed by atoms with Gasteiger partial charge in [0.25, 0.3) is 0 Å². The van der Waals surface area contributed by atoms with E-state index >= 15 is 0 Å². The summed E-state index contributed by atoms with van der Waals surface area (Å²) in [7, 11) is 3.55. The van der Waals surface area contributed by atoms with Gasteiger partial charge in [-0.15, -0.1) is 0 Å². The van der Waals surface area contributed by atoms with Gasteiger partial charge in [0.1, 0.15) is 0 Å². The monoisotopic (exact) mass is 212 g/mol. The third-order valence-electron chi connectivity index (χ3n) is 2.20. The Morgan fingerprint density at radius 2 is 2.40 bits per heavy atom. The van der Waals surface area contributed by atoms with Gasteiger partial charge in [0.2, 0.25) is 0 Å². The zero-order chi connectivity index (χ0) is 11.3. The molecule has 0 saturated carbocycles. The summed E-state index contributed by atoms with van der Waals surface area (Å²) in [5.41, 5.74) is 6.47. The van der Waals surface area contributed by atoms with Crippen LogP contribution in [0.4, 0.5) is 11.5 Å². The van der Waals surface area contributed by atoms with E-state index in [1.165, 1.54) is 0 Å². The Labute approximate surface area is 90.6 Å². The molecular formula is C10H20N4O. The maximum atomic E-state index is 5.80. The molecule has 0 aromatic carbocycles. The molecule has 0 fully saturated rings. The molecule has 0 bridgehead atoms. The molecule has 1 atom stereocenters. The summed E-state index contributed by atoms with van der Waals surface area (Å²) in [6.07, 6.45) is 3.94. The lowest BCUT2D eigenvalue weighted by Gasteiger charge is -2.16. The van der Waals surface area contributed by atoms with Gasteiger partial charge in [-0.2, -0.15) is 5.10 Å². The average Bonchev–Trinajstić information content (AvgIpc) is 2.46. The molecule has 0 radical (unpaired) electrons. The number of anilines is 2. The van der Waals surface area contributed by atoms with E-state index in [0.717, 1.165) is 18.7 Å². The summed E-state index contributed by atoms with van der Waals surface area (Å²) >= 11 is 0. The quantitative estimate of drug-likeness (QED) is 0.744. The second-order valence-corrected chi connectivity index (χ2v) is 3.69. The van der Waals surface area contributed by atoms with Crippen molar-refractivity contribution < 1.29 is 4.74 Å². The Hall–Kier alpha value is -1.23. The van der Waals surface area contributed by atoms with Crippen LogP contribution < -0.4 is 11.1 Å². The number of aryl methyl sites for hydroxylation is 1. The second kappa shape index (κ2) is 5.60. The Kier molecular flexibility index (Phi) is 4.42. The minimum Gasteiger partial charge on any atom is -0.394 e. The van der Waals surface area contributed by atoms with Crippen LogP contribution in [0.3, 0.4) is 0 Å². The van der Waals surface area contributed by atoms with Gasteiger partial charge in [-0.3, -0.25) is 4.68 Å². The van der Waals surface area contributed by atoms with Crippen molar-refractivity contribution in [2.75, 3.05) is 24.8 Å². The van der Waals surface area contributed by atoms with Crippen molar-refractivity contribution in [1.29, 1.82) is 0 Å². The van der Waals surface area contributed by atoms with Gasteiger partial charge in [-0.05, 0) is 6.42 Å². The topological polar surface area (TPSA) is 65.1 Å². The second-order valence-electron chi connectivity index (χ2n) is 3.69. The molecule has 0 aliphatic rings. The van der Waals surface area contributed by atoms with Crippen LogP contribution in [0, 0.1) is 0 Å². The first-order valence-corrected chi connectivity index (χ1v) is 5.22. The van der Waals surface area contributed by atoms with E-state index in [0.29, 0.717) is 12.3 Å². The van der Waals surface area contributed by atoms with Gasteiger partial charge in [0.15, 0.2) is 5.82 Å². The SMILES string of the molecule is CCCC(COC)Nc1nn(C)cc1N. The third kappa shape index (κ3) is 3.43. The van der Waals surface area contributed by atoms with Gasteiger partial charge < -0.3 is 15.8 Å². The van der Waals surface area contributed by atoms with Crippen LogP contribution in [0.5, 0.6) is 0 Å². The molecule has 15 heavy (non-hydrogen) atoms. The van der Waals surface area contributed by atoms with E-state index in [1.807, 2.05) is 7.05 Å². The zero-order valence-corrected chi connectivity index (χ0v) is 9.66. The number of methoxy groups -OCH3 is 1. The van der Waals surface area contributed by atoms with E-state index in [1.54, 1.807) is 18.0 Å². The van der Waals surface area contributed by atoms with Gasteiger partial charge >= 0.3 is 0 Å². The van der Waals surface area contributed by atoms with Gasteiger partial charge in [0.05, 0.1) is 18.3 Å². The number of nitrogens with zero attached hydrogens (tertiary/aromatic N) is 2. The molecule has 0 aliphatic heterocycles. The summed E-state index contributed by atoms with van der Waals surface area (Å²) in [6.45, 7) is 2.82. The number of nitrogens with one attached hydrogen (secondary N) is 1. The van der Waals surface area contributed by atoms with Crippen LogP contribution >= 0.6 is 0 Å². The van der Waals surface area contributed by atoms with Crippen LogP contribution in [0.25, 0.3) is 0 Å². The maximum Gasteiger partial charge on any atom is 0.171 e. The van der Waals surface area contributed by atoms with Crippen LogP contribution in [0.15, 0.2) is 6.20 Å². The molecule has 1 aromatic rings. The Bertz CT molecular complexity index is 292. The number of nitrogen functional groups attached to an aromatic ring is 1.